The first-order chi connectivity index (χ1) is 9.81. The van der Waals surface area contributed by atoms with E-state index in [2.05, 4.69) is 9.82 Å². The first-order valence-corrected chi connectivity index (χ1v) is 8.12. The third kappa shape index (κ3) is 3.49. The Morgan fingerprint density at radius 2 is 1.95 bits per heavy atom. The van der Waals surface area contributed by atoms with Crippen LogP contribution in [0, 0.1) is 6.92 Å². The van der Waals surface area contributed by atoms with Gasteiger partial charge in [-0.15, -0.1) is 0 Å². The Bertz CT molecular complexity index is 718. The topological polar surface area (TPSA) is 90.0 Å². The SMILES string of the molecule is Cc1c(CNS(=O)(=O)c2ccc(C(C)N)cc2)cnn1C. The van der Waals surface area contributed by atoms with Gasteiger partial charge in [-0.2, -0.15) is 5.10 Å². The maximum absolute atomic E-state index is 12.2. The fourth-order valence-corrected chi connectivity index (χ4v) is 2.93. The summed E-state index contributed by atoms with van der Waals surface area (Å²) >= 11 is 0. The van der Waals surface area contributed by atoms with Crippen molar-refractivity contribution in [2.75, 3.05) is 0 Å². The van der Waals surface area contributed by atoms with Crippen molar-refractivity contribution in [3.8, 4) is 0 Å². The van der Waals surface area contributed by atoms with Crippen molar-refractivity contribution < 1.29 is 8.42 Å². The molecule has 0 aliphatic rings. The Morgan fingerprint density at radius 3 is 2.43 bits per heavy atom. The largest absolute Gasteiger partial charge is 0.324 e. The number of aromatic nitrogens is 2. The molecule has 1 aromatic carbocycles. The van der Waals surface area contributed by atoms with E-state index in [-0.39, 0.29) is 17.5 Å². The molecule has 7 heteroatoms. The molecule has 21 heavy (non-hydrogen) atoms. The molecule has 0 amide bonds. The summed E-state index contributed by atoms with van der Waals surface area (Å²) in [6.45, 7) is 3.97. The summed E-state index contributed by atoms with van der Waals surface area (Å²) in [5.41, 5.74) is 8.44. The van der Waals surface area contributed by atoms with Crippen LogP contribution in [-0.2, 0) is 23.6 Å². The highest BCUT2D eigenvalue weighted by Crippen LogP contribution is 2.15. The van der Waals surface area contributed by atoms with Crippen molar-refractivity contribution in [3.05, 3.63) is 47.3 Å². The summed E-state index contributed by atoms with van der Waals surface area (Å²) < 4.78 is 28.8. The molecule has 6 nitrogen and oxygen atoms in total. The third-order valence-electron chi connectivity index (χ3n) is 3.51. The molecule has 1 aromatic heterocycles. The monoisotopic (exact) mass is 308 g/mol. The Balaban J connectivity index is 2.13. The van der Waals surface area contributed by atoms with E-state index in [0.717, 1.165) is 16.8 Å². The van der Waals surface area contributed by atoms with E-state index < -0.39 is 10.0 Å². The van der Waals surface area contributed by atoms with Crippen molar-refractivity contribution in [2.45, 2.75) is 31.3 Å². The number of rotatable bonds is 5. The van der Waals surface area contributed by atoms with Gasteiger partial charge in [-0.05, 0) is 31.5 Å². The first kappa shape index (κ1) is 15.7. The van der Waals surface area contributed by atoms with Gasteiger partial charge in [0.25, 0.3) is 0 Å². The second kappa shape index (κ2) is 5.97. The molecule has 2 rings (SSSR count). The standard InChI is InChI=1S/C14H20N4O2S/c1-10(15)12-4-6-14(7-5-12)21(19,20)17-9-13-8-16-18(3)11(13)2/h4-8,10,17H,9,15H2,1-3H3. The van der Waals surface area contributed by atoms with E-state index in [4.69, 9.17) is 5.73 Å². The lowest BCUT2D eigenvalue weighted by atomic mass is 10.1. The van der Waals surface area contributed by atoms with Crippen molar-refractivity contribution in [2.24, 2.45) is 12.8 Å². The predicted molar refractivity (Wildman–Crippen MR) is 81.0 cm³/mol. The summed E-state index contributed by atoms with van der Waals surface area (Å²) in [5, 5.41) is 4.09. The van der Waals surface area contributed by atoms with Crippen LogP contribution in [0.5, 0.6) is 0 Å². The number of sulfonamides is 1. The van der Waals surface area contributed by atoms with Gasteiger partial charge in [-0.3, -0.25) is 4.68 Å². The number of hydrogen-bond donors (Lipinski definition) is 2. The Morgan fingerprint density at radius 1 is 1.33 bits per heavy atom. The molecular weight excluding hydrogens is 288 g/mol. The lowest BCUT2D eigenvalue weighted by Gasteiger charge is -2.09. The van der Waals surface area contributed by atoms with Gasteiger partial charge in [0.1, 0.15) is 0 Å². The van der Waals surface area contributed by atoms with E-state index in [9.17, 15) is 8.42 Å². The van der Waals surface area contributed by atoms with Crippen LogP contribution in [0.2, 0.25) is 0 Å². The summed E-state index contributed by atoms with van der Waals surface area (Å²) in [7, 11) is -1.72. The summed E-state index contributed by atoms with van der Waals surface area (Å²) in [5.74, 6) is 0. The maximum atomic E-state index is 12.2. The number of hydrogen-bond acceptors (Lipinski definition) is 4. The lowest BCUT2D eigenvalue weighted by Crippen LogP contribution is -2.23. The third-order valence-corrected chi connectivity index (χ3v) is 4.92. The van der Waals surface area contributed by atoms with Crippen LogP contribution in [0.3, 0.4) is 0 Å². The summed E-state index contributed by atoms with van der Waals surface area (Å²) in [6, 6.07) is 6.48. The fourth-order valence-electron chi connectivity index (χ4n) is 1.92. The predicted octanol–water partition coefficient (Wildman–Crippen LogP) is 1.23. The Kier molecular flexibility index (Phi) is 4.46. The molecule has 114 valence electrons. The van der Waals surface area contributed by atoms with E-state index in [1.807, 2.05) is 20.9 Å². The molecular formula is C14H20N4O2S. The minimum absolute atomic E-state index is 0.118. The second-order valence-corrected chi connectivity index (χ2v) is 6.83. The van der Waals surface area contributed by atoms with Crippen LogP contribution >= 0.6 is 0 Å². The smallest absolute Gasteiger partial charge is 0.240 e. The van der Waals surface area contributed by atoms with Crippen LogP contribution in [-0.4, -0.2) is 18.2 Å². The average Bonchev–Trinajstić information content (AvgIpc) is 2.77. The zero-order valence-corrected chi connectivity index (χ0v) is 13.2. The van der Waals surface area contributed by atoms with Crippen LogP contribution in [0.1, 0.15) is 29.8 Å². The highest BCUT2D eigenvalue weighted by Gasteiger charge is 2.15. The average molecular weight is 308 g/mol. The Hall–Kier alpha value is -1.70. The molecule has 1 unspecified atom stereocenters. The fraction of sp³-hybridized carbons (Fsp3) is 0.357. The molecule has 0 aliphatic heterocycles. The second-order valence-electron chi connectivity index (χ2n) is 5.06. The van der Waals surface area contributed by atoms with E-state index >= 15 is 0 Å². The van der Waals surface area contributed by atoms with Crippen LogP contribution in [0.15, 0.2) is 35.4 Å². The molecule has 0 bridgehead atoms. The molecule has 0 saturated heterocycles. The lowest BCUT2D eigenvalue weighted by molar-refractivity contribution is 0.581. The van der Waals surface area contributed by atoms with Gasteiger partial charge in [0, 0.05) is 30.9 Å². The first-order valence-electron chi connectivity index (χ1n) is 6.64. The molecule has 1 atom stereocenters. The van der Waals surface area contributed by atoms with Gasteiger partial charge in [0.2, 0.25) is 10.0 Å². The normalized spacial score (nSPS) is 13.3. The molecule has 0 fully saturated rings. The van der Waals surface area contributed by atoms with E-state index in [1.165, 1.54) is 0 Å². The van der Waals surface area contributed by atoms with Gasteiger partial charge in [-0.1, -0.05) is 12.1 Å². The minimum Gasteiger partial charge on any atom is -0.324 e. The zero-order valence-electron chi connectivity index (χ0n) is 12.4. The van der Waals surface area contributed by atoms with Gasteiger partial charge in [0.05, 0.1) is 11.1 Å². The Labute approximate surface area is 125 Å². The molecule has 0 aliphatic carbocycles. The van der Waals surface area contributed by atoms with Crippen LogP contribution in [0.4, 0.5) is 0 Å². The van der Waals surface area contributed by atoms with Crippen LogP contribution in [0.25, 0.3) is 0 Å². The molecule has 2 aromatic rings. The van der Waals surface area contributed by atoms with E-state index in [1.54, 1.807) is 35.1 Å². The molecule has 0 spiro atoms. The number of nitrogens with one attached hydrogen (secondary N) is 1. The van der Waals surface area contributed by atoms with Gasteiger partial charge < -0.3 is 5.73 Å². The maximum Gasteiger partial charge on any atom is 0.240 e. The van der Waals surface area contributed by atoms with Gasteiger partial charge in [0.15, 0.2) is 0 Å². The minimum atomic E-state index is -3.54. The molecule has 0 saturated carbocycles. The molecule has 3 N–H and O–H groups in total. The number of nitrogens with zero attached hydrogens (tertiary/aromatic N) is 2. The molecule has 0 radical (unpaired) electrons. The van der Waals surface area contributed by atoms with Crippen LogP contribution < -0.4 is 10.5 Å². The molecule has 1 heterocycles. The summed E-state index contributed by atoms with van der Waals surface area (Å²) in [6.07, 6.45) is 1.66. The number of aryl methyl sites for hydroxylation is 1. The van der Waals surface area contributed by atoms with Crippen molar-refractivity contribution in [3.63, 3.8) is 0 Å². The highest BCUT2D eigenvalue weighted by atomic mass is 32.2. The van der Waals surface area contributed by atoms with Gasteiger partial charge in [-0.25, -0.2) is 13.1 Å². The van der Waals surface area contributed by atoms with Crippen molar-refractivity contribution in [1.29, 1.82) is 0 Å². The quantitative estimate of drug-likeness (QED) is 0.869. The highest BCUT2D eigenvalue weighted by molar-refractivity contribution is 7.89. The number of benzene rings is 1. The summed E-state index contributed by atoms with van der Waals surface area (Å²) in [4.78, 5) is 0.230. The number of nitrogens with two attached hydrogens (primary N) is 1. The van der Waals surface area contributed by atoms with Crippen molar-refractivity contribution in [1.82, 2.24) is 14.5 Å². The van der Waals surface area contributed by atoms with Crippen molar-refractivity contribution >= 4 is 10.0 Å². The van der Waals surface area contributed by atoms with E-state index in [0.29, 0.717) is 0 Å². The van der Waals surface area contributed by atoms with Gasteiger partial charge >= 0.3 is 0 Å². The zero-order chi connectivity index (χ0) is 15.6.